The van der Waals surface area contributed by atoms with Crippen LogP contribution in [0.4, 0.5) is 5.69 Å². The molecule has 0 aliphatic rings. The zero-order valence-corrected chi connectivity index (χ0v) is 12.0. The molecule has 0 atom stereocenters. The van der Waals surface area contributed by atoms with Crippen LogP contribution in [0.5, 0.6) is 5.75 Å². The van der Waals surface area contributed by atoms with E-state index in [9.17, 15) is 8.42 Å². The summed E-state index contributed by atoms with van der Waals surface area (Å²) in [6.07, 6.45) is 2.83. The Morgan fingerprint density at radius 1 is 1.45 bits per heavy atom. The molecule has 0 aliphatic heterocycles. The third kappa shape index (κ3) is 2.75. The maximum atomic E-state index is 12.3. The number of imidazole rings is 1. The van der Waals surface area contributed by atoms with Crippen LogP contribution in [0.2, 0.25) is 0 Å². The number of para-hydroxylation sites is 1. The van der Waals surface area contributed by atoms with Crippen molar-refractivity contribution < 1.29 is 13.2 Å². The van der Waals surface area contributed by atoms with E-state index in [1.54, 1.807) is 29.8 Å². The Morgan fingerprint density at radius 2 is 2.20 bits per heavy atom. The molecule has 2 aromatic rings. The van der Waals surface area contributed by atoms with Gasteiger partial charge in [0.15, 0.2) is 5.03 Å². The van der Waals surface area contributed by atoms with Gasteiger partial charge in [-0.05, 0) is 11.6 Å². The first kappa shape index (κ1) is 14.4. The van der Waals surface area contributed by atoms with Crippen LogP contribution in [-0.2, 0) is 23.6 Å². The lowest BCUT2D eigenvalue weighted by Crippen LogP contribution is -2.16. The van der Waals surface area contributed by atoms with Crippen LogP contribution in [0.15, 0.2) is 35.7 Å². The molecular weight excluding hydrogens is 280 g/mol. The van der Waals surface area contributed by atoms with Crippen molar-refractivity contribution in [2.45, 2.75) is 11.6 Å². The van der Waals surface area contributed by atoms with E-state index < -0.39 is 10.0 Å². The van der Waals surface area contributed by atoms with Gasteiger partial charge in [-0.25, -0.2) is 4.98 Å². The molecule has 0 amide bonds. The molecule has 0 aliphatic carbocycles. The van der Waals surface area contributed by atoms with E-state index in [4.69, 9.17) is 10.5 Å². The van der Waals surface area contributed by atoms with Crippen molar-refractivity contribution in [3.63, 3.8) is 0 Å². The number of sulfonamides is 1. The maximum Gasteiger partial charge on any atom is 0.281 e. The van der Waals surface area contributed by atoms with Crippen molar-refractivity contribution in [2.75, 3.05) is 11.8 Å². The molecule has 0 radical (unpaired) electrons. The van der Waals surface area contributed by atoms with Crippen LogP contribution >= 0.6 is 0 Å². The largest absolute Gasteiger partial charge is 0.495 e. The Balaban J connectivity index is 2.43. The van der Waals surface area contributed by atoms with Crippen molar-refractivity contribution >= 4 is 15.7 Å². The van der Waals surface area contributed by atoms with E-state index >= 15 is 0 Å². The first-order valence-corrected chi connectivity index (χ1v) is 7.33. The second-order valence-electron chi connectivity index (χ2n) is 4.18. The molecule has 108 valence electrons. The fourth-order valence-electron chi connectivity index (χ4n) is 1.75. The highest BCUT2D eigenvalue weighted by molar-refractivity contribution is 7.92. The van der Waals surface area contributed by atoms with Gasteiger partial charge in [0.2, 0.25) is 0 Å². The molecule has 2 rings (SSSR count). The number of nitrogens with zero attached hydrogens (tertiary/aromatic N) is 2. The number of aromatic nitrogens is 2. The molecule has 20 heavy (non-hydrogen) atoms. The molecule has 3 N–H and O–H groups in total. The number of anilines is 1. The lowest BCUT2D eigenvalue weighted by atomic mass is 10.1. The summed E-state index contributed by atoms with van der Waals surface area (Å²) in [5, 5.41) is -0.0612. The highest BCUT2D eigenvalue weighted by Gasteiger charge is 2.20. The number of benzene rings is 1. The summed E-state index contributed by atoms with van der Waals surface area (Å²) in [5.74, 6) is 0.410. The van der Waals surface area contributed by atoms with Crippen LogP contribution in [0.3, 0.4) is 0 Å². The molecule has 0 bridgehead atoms. The number of nitrogens with two attached hydrogens (primary N) is 1. The molecule has 0 saturated heterocycles. The van der Waals surface area contributed by atoms with Gasteiger partial charge < -0.3 is 15.0 Å². The summed E-state index contributed by atoms with van der Waals surface area (Å²) >= 11 is 0. The lowest BCUT2D eigenvalue weighted by molar-refractivity contribution is 0.416. The van der Waals surface area contributed by atoms with E-state index in [-0.39, 0.29) is 11.6 Å². The van der Waals surface area contributed by atoms with Gasteiger partial charge >= 0.3 is 0 Å². The Bertz CT molecular complexity index is 687. The van der Waals surface area contributed by atoms with E-state index in [0.29, 0.717) is 17.0 Å². The van der Waals surface area contributed by atoms with Gasteiger partial charge in [-0.2, -0.15) is 8.42 Å². The Kier molecular flexibility index (Phi) is 3.96. The van der Waals surface area contributed by atoms with E-state index in [0.717, 1.165) is 0 Å². The van der Waals surface area contributed by atoms with Crippen molar-refractivity contribution in [2.24, 2.45) is 12.8 Å². The van der Waals surface area contributed by atoms with Gasteiger partial charge in [-0.15, -0.1) is 0 Å². The van der Waals surface area contributed by atoms with Crippen LogP contribution < -0.4 is 15.2 Å². The average molecular weight is 296 g/mol. The van der Waals surface area contributed by atoms with E-state index in [2.05, 4.69) is 9.71 Å². The number of hydrogen-bond acceptors (Lipinski definition) is 5. The molecule has 1 heterocycles. The highest BCUT2D eigenvalue weighted by Crippen LogP contribution is 2.30. The summed E-state index contributed by atoms with van der Waals surface area (Å²) in [6, 6.07) is 5.15. The molecule has 0 unspecified atom stereocenters. The lowest BCUT2D eigenvalue weighted by Gasteiger charge is -2.14. The van der Waals surface area contributed by atoms with Crippen LogP contribution in [0, 0.1) is 0 Å². The molecular formula is C12H16N4O3S. The monoisotopic (exact) mass is 296 g/mol. The van der Waals surface area contributed by atoms with Crippen LogP contribution in [0.25, 0.3) is 0 Å². The summed E-state index contributed by atoms with van der Waals surface area (Å²) in [4.78, 5) is 3.84. The predicted molar refractivity (Wildman–Crippen MR) is 74.9 cm³/mol. The topological polar surface area (TPSA) is 99.2 Å². The fourth-order valence-corrected chi connectivity index (χ4v) is 2.84. The van der Waals surface area contributed by atoms with Crippen molar-refractivity contribution in [1.29, 1.82) is 0 Å². The number of ether oxygens (including phenoxy) is 1. The third-order valence-corrected chi connectivity index (χ3v) is 3.98. The molecule has 0 spiro atoms. The van der Waals surface area contributed by atoms with Gasteiger partial charge in [0.25, 0.3) is 10.0 Å². The predicted octanol–water partition coefficient (Wildman–Crippen LogP) is 0.688. The minimum absolute atomic E-state index is 0.0612. The van der Waals surface area contributed by atoms with Gasteiger partial charge in [-0.3, -0.25) is 4.72 Å². The number of nitrogens with one attached hydrogen (secondary N) is 1. The zero-order chi connectivity index (χ0) is 14.8. The van der Waals surface area contributed by atoms with Crippen molar-refractivity contribution in [3.8, 4) is 5.75 Å². The van der Waals surface area contributed by atoms with Gasteiger partial charge in [0.1, 0.15) is 5.75 Å². The minimum Gasteiger partial charge on any atom is -0.495 e. The maximum absolute atomic E-state index is 12.3. The summed E-state index contributed by atoms with van der Waals surface area (Å²) in [5.41, 5.74) is 6.60. The van der Waals surface area contributed by atoms with Gasteiger partial charge in [-0.1, -0.05) is 12.1 Å². The first-order chi connectivity index (χ1) is 9.47. The standard InChI is InChI=1S/C12H16N4O3S/c1-16-7-11(14-8-16)20(17,18)15-12-9(6-13)4-3-5-10(12)19-2/h3-5,7-8,15H,6,13H2,1-2H3. The SMILES string of the molecule is COc1cccc(CN)c1NS(=O)(=O)c1cn(C)cn1. The summed E-state index contributed by atoms with van der Waals surface area (Å²) in [6.45, 7) is 0.192. The fraction of sp³-hybridized carbons (Fsp3) is 0.250. The first-order valence-electron chi connectivity index (χ1n) is 5.84. The Labute approximate surface area is 117 Å². The third-order valence-electron chi connectivity index (χ3n) is 2.75. The second-order valence-corrected chi connectivity index (χ2v) is 5.81. The number of aryl methyl sites for hydroxylation is 1. The molecule has 0 fully saturated rings. The van der Waals surface area contributed by atoms with Gasteiger partial charge in [0.05, 0.1) is 19.1 Å². The van der Waals surface area contributed by atoms with Crippen LogP contribution in [-0.4, -0.2) is 25.1 Å². The highest BCUT2D eigenvalue weighted by atomic mass is 32.2. The summed E-state index contributed by atoms with van der Waals surface area (Å²) in [7, 11) is -0.614. The van der Waals surface area contributed by atoms with Crippen LogP contribution in [0.1, 0.15) is 5.56 Å². The van der Waals surface area contributed by atoms with E-state index in [1.165, 1.54) is 19.6 Å². The number of hydrogen-bond donors (Lipinski definition) is 2. The molecule has 1 aromatic carbocycles. The quantitative estimate of drug-likeness (QED) is 0.845. The minimum atomic E-state index is -3.78. The number of methoxy groups -OCH3 is 1. The summed E-state index contributed by atoms with van der Waals surface area (Å²) < 4.78 is 33.7. The number of rotatable bonds is 5. The second kappa shape index (κ2) is 5.51. The molecule has 8 heteroatoms. The van der Waals surface area contributed by atoms with E-state index in [1.807, 2.05) is 0 Å². The zero-order valence-electron chi connectivity index (χ0n) is 11.2. The van der Waals surface area contributed by atoms with Gasteiger partial charge in [0, 0.05) is 19.8 Å². The van der Waals surface area contributed by atoms with Crippen molar-refractivity contribution in [1.82, 2.24) is 9.55 Å². The Hall–Kier alpha value is -2.06. The normalized spacial score (nSPS) is 11.3. The Morgan fingerprint density at radius 3 is 2.75 bits per heavy atom. The molecule has 7 nitrogen and oxygen atoms in total. The van der Waals surface area contributed by atoms with Crippen molar-refractivity contribution in [3.05, 3.63) is 36.3 Å². The molecule has 0 saturated carbocycles. The smallest absolute Gasteiger partial charge is 0.281 e. The average Bonchev–Trinajstić information content (AvgIpc) is 2.86. The molecule has 1 aromatic heterocycles.